The number of rotatable bonds is 2. The van der Waals surface area contributed by atoms with Crippen molar-refractivity contribution in [2.45, 2.75) is 12.5 Å². The van der Waals surface area contributed by atoms with E-state index in [-0.39, 0.29) is 12.2 Å². The van der Waals surface area contributed by atoms with Gasteiger partial charge in [0.15, 0.2) is 0 Å². The van der Waals surface area contributed by atoms with Crippen molar-refractivity contribution in [2.24, 2.45) is 5.73 Å². The smallest absolute Gasteiger partial charge is 0.117 e. The van der Waals surface area contributed by atoms with Gasteiger partial charge in [-0.1, -0.05) is 17.7 Å². The van der Waals surface area contributed by atoms with Gasteiger partial charge in [-0.2, -0.15) is 5.26 Å². The summed E-state index contributed by atoms with van der Waals surface area (Å²) in [6, 6.07) is 6.10. The summed E-state index contributed by atoms with van der Waals surface area (Å²) in [5, 5.41) is 17.9. The maximum Gasteiger partial charge on any atom is 0.117 e. The van der Waals surface area contributed by atoms with Gasteiger partial charge in [0.2, 0.25) is 0 Å². The molecular weight excluding hydrogens is 188 g/mol. The topological polar surface area (TPSA) is 70.0 Å². The van der Waals surface area contributed by atoms with E-state index >= 15 is 0 Å². The number of hydrogen-bond donors (Lipinski definition) is 2. The highest BCUT2D eigenvalue weighted by Crippen LogP contribution is 2.26. The van der Waals surface area contributed by atoms with Crippen LogP contribution in [0.15, 0.2) is 18.2 Å². The van der Waals surface area contributed by atoms with Crippen LogP contribution in [-0.2, 0) is 0 Å². The van der Waals surface area contributed by atoms with Crippen LogP contribution in [0.1, 0.15) is 18.0 Å². The average molecular weight is 197 g/mol. The summed E-state index contributed by atoms with van der Waals surface area (Å²) in [5.74, 6) is 0.0953. The molecule has 1 atom stereocenters. The van der Waals surface area contributed by atoms with E-state index in [1.165, 1.54) is 12.1 Å². The minimum absolute atomic E-state index is 0.0953. The van der Waals surface area contributed by atoms with Crippen LogP contribution in [0.25, 0.3) is 0 Å². The van der Waals surface area contributed by atoms with Gasteiger partial charge in [-0.25, -0.2) is 0 Å². The highest BCUT2D eigenvalue weighted by Gasteiger charge is 2.09. The number of halogens is 1. The number of nitrogens with two attached hydrogens (primary N) is 1. The predicted octanol–water partition coefficient (Wildman–Crippen LogP) is 1.96. The minimum Gasteiger partial charge on any atom is -0.508 e. The van der Waals surface area contributed by atoms with Crippen LogP contribution in [0.4, 0.5) is 0 Å². The summed E-state index contributed by atoms with van der Waals surface area (Å²) in [6.45, 7) is 0. The van der Waals surface area contributed by atoms with E-state index in [4.69, 9.17) is 27.7 Å². The molecule has 1 aromatic carbocycles. The van der Waals surface area contributed by atoms with Gasteiger partial charge >= 0.3 is 0 Å². The van der Waals surface area contributed by atoms with Crippen LogP contribution in [0, 0.1) is 11.3 Å². The standard InChI is InChI=1S/C9H9ClN2O/c10-8-5-6(13)1-2-7(8)9(12)3-4-11/h1-2,5,9,13H,3,12H2/t9-/m0/s1. The van der Waals surface area contributed by atoms with Gasteiger partial charge in [0.25, 0.3) is 0 Å². The number of nitrogens with zero attached hydrogens (tertiary/aromatic N) is 1. The Morgan fingerprint density at radius 3 is 2.85 bits per heavy atom. The third kappa shape index (κ3) is 2.35. The molecule has 1 aromatic rings. The van der Waals surface area contributed by atoms with E-state index in [2.05, 4.69) is 0 Å². The van der Waals surface area contributed by atoms with Crippen molar-refractivity contribution in [1.29, 1.82) is 5.26 Å². The fourth-order valence-electron chi connectivity index (χ4n) is 1.03. The molecule has 3 N–H and O–H groups in total. The maximum absolute atomic E-state index is 9.06. The highest BCUT2D eigenvalue weighted by molar-refractivity contribution is 6.31. The largest absolute Gasteiger partial charge is 0.508 e. The van der Waals surface area contributed by atoms with E-state index in [0.29, 0.717) is 10.6 Å². The van der Waals surface area contributed by atoms with Crippen LogP contribution in [0.3, 0.4) is 0 Å². The maximum atomic E-state index is 9.06. The van der Waals surface area contributed by atoms with Crippen molar-refractivity contribution >= 4 is 11.6 Å². The van der Waals surface area contributed by atoms with Gasteiger partial charge in [0, 0.05) is 11.1 Å². The lowest BCUT2D eigenvalue weighted by atomic mass is 10.1. The van der Waals surface area contributed by atoms with E-state index in [1.807, 2.05) is 6.07 Å². The van der Waals surface area contributed by atoms with E-state index in [1.54, 1.807) is 6.07 Å². The molecule has 0 aliphatic rings. The monoisotopic (exact) mass is 196 g/mol. The molecule has 0 unspecified atom stereocenters. The van der Waals surface area contributed by atoms with Gasteiger partial charge in [0.05, 0.1) is 12.5 Å². The summed E-state index contributed by atoms with van der Waals surface area (Å²) in [4.78, 5) is 0. The summed E-state index contributed by atoms with van der Waals surface area (Å²) in [6.07, 6.45) is 0.213. The van der Waals surface area contributed by atoms with Crippen molar-refractivity contribution < 1.29 is 5.11 Å². The van der Waals surface area contributed by atoms with E-state index in [0.717, 1.165) is 0 Å². The third-order valence-electron chi connectivity index (χ3n) is 1.69. The third-order valence-corrected chi connectivity index (χ3v) is 2.02. The Hall–Kier alpha value is -1.24. The molecule has 4 heteroatoms. The zero-order chi connectivity index (χ0) is 9.84. The number of aromatic hydroxyl groups is 1. The van der Waals surface area contributed by atoms with Crippen LogP contribution in [0.2, 0.25) is 5.02 Å². The zero-order valence-electron chi connectivity index (χ0n) is 6.87. The number of benzene rings is 1. The molecule has 0 amide bonds. The van der Waals surface area contributed by atoms with E-state index < -0.39 is 6.04 Å². The van der Waals surface area contributed by atoms with Crippen molar-refractivity contribution in [3.63, 3.8) is 0 Å². The lowest BCUT2D eigenvalue weighted by Crippen LogP contribution is -2.09. The van der Waals surface area contributed by atoms with Crippen LogP contribution in [0.5, 0.6) is 5.75 Å². The molecule has 0 saturated carbocycles. The fourth-order valence-corrected chi connectivity index (χ4v) is 1.34. The van der Waals surface area contributed by atoms with Crippen LogP contribution < -0.4 is 5.73 Å². The molecular formula is C9H9ClN2O. The average Bonchev–Trinajstić information content (AvgIpc) is 2.04. The van der Waals surface area contributed by atoms with Gasteiger partial charge in [-0.15, -0.1) is 0 Å². The molecule has 0 bridgehead atoms. The Labute approximate surface area is 81.4 Å². The molecule has 0 heterocycles. The quantitative estimate of drug-likeness (QED) is 0.760. The summed E-state index contributed by atoms with van der Waals surface area (Å²) in [5.41, 5.74) is 6.35. The second-order valence-electron chi connectivity index (χ2n) is 2.67. The second kappa shape index (κ2) is 4.13. The van der Waals surface area contributed by atoms with Crippen molar-refractivity contribution in [3.05, 3.63) is 28.8 Å². The first-order chi connectivity index (χ1) is 6.15. The van der Waals surface area contributed by atoms with Crippen LogP contribution >= 0.6 is 11.6 Å². The highest BCUT2D eigenvalue weighted by atomic mass is 35.5. The van der Waals surface area contributed by atoms with E-state index in [9.17, 15) is 0 Å². The van der Waals surface area contributed by atoms with Gasteiger partial charge in [0.1, 0.15) is 5.75 Å². The molecule has 0 spiro atoms. The number of phenolic OH excluding ortho intramolecular Hbond substituents is 1. The first-order valence-corrected chi connectivity index (χ1v) is 4.14. The molecule has 0 saturated heterocycles. The summed E-state index contributed by atoms with van der Waals surface area (Å²) >= 11 is 5.81. The number of nitriles is 1. The Balaban J connectivity index is 2.96. The fraction of sp³-hybridized carbons (Fsp3) is 0.222. The van der Waals surface area contributed by atoms with Gasteiger partial charge in [-0.05, 0) is 17.7 Å². The first-order valence-electron chi connectivity index (χ1n) is 3.76. The lowest BCUT2D eigenvalue weighted by molar-refractivity contribution is 0.475. The zero-order valence-corrected chi connectivity index (χ0v) is 7.62. The molecule has 0 radical (unpaired) electrons. The molecule has 68 valence electrons. The Kier molecular flexibility index (Phi) is 3.13. The van der Waals surface area contributed by atoms with Crippen molar-refractivity contribution in [2.75, 3.05) is 0 Å². The lowest BCUT2D eigenvalue weighted by Gasteiger charge is -2.09. The second-order valence-corrected chi connectivity index (χ2v) is 3.08. The molecule has 0 aromatic heterocycles. The number of hydrogen-bond acceptors (Lipinski definition) is 3. The molecule has 0 aliphatic heterocycles. The SMILES string of the molecule is N#CC[C@H](N)c1ccc(O)cc1Cl. The molecule has 3 nitrogen and oxygen atoms in total. The van der Waals surface area contributed by atoms with Crippen LogP contribution in [-0.4, -0.2) is 5.11 Å². The Morgan fingerprint density at radius 2 is 2.31 bits per heavy atom. The molecule has 1 rings (SSSR count). The van der Waals surface area contributed by atoms with Gasteiger partial charge < -0.3 is 10.8 Å². The Bertz CT molecular complexity index is 346. The molecule has 0 aliphatic carbocycles. The minimum atomic E-state index is -0.391. The predicted molar refractivity (Wildman–Crippen MR) is 50.3 cm³/mol. The van der Waals surface area contributed by atoms with Crippen molar-refractivity contribution in [1.82, 2.24) is 0 Å². The van der Waals surface area contributed by atoms with Crippen molar-refractivity contribution in [3.8, 4) is 11.8 Å². The molecule has 0 fully saturated rings. The van der Waals surface area contributed by atoms with Gasteiger partial charge in [-0.3, -0.25) is 0 Å². The molecule has 13 heavy (non-hydrogen) atoms. The summed E-state index contributed by atoms with van der Waals surface area (Å²) < 4.78 is 0. The normalized spacial score (nSPS) is 12.1. The first kappa shape index (κ1) is 9.85. The Morgan fingerprint density at radius 1 is 1.62 bits per heavy atom. The summed E-state index contributed by atoms with van der Waals surface area (Å²) in [7, 11) is 0. The number of phenols is 1.